The zero-order valence-corrected chi connectivity index (χ0v) is 11.8. The standard InChI is InChI=1S/C15H17N3O2/c1-10-13(9-16-11(2)18-10)15(19)17-8-12-6-4-5-7-14(12)20-3/h4-7,9H,8H2,1-3H3,(H,17,19). The first-order valence-corrected chi connectivity index (χ1v) is 6.32. The summed E-state index contributed by atoms with van der Waals surface area (Å²) in [6, 6.07) is 7.58. The van der Waals surface area contributed by atoms with E-state index in [9.17, 15) is 4.79 Å². The zero-order valence-electron chi connectivity index (χ0n) is 11.8. The van der Waals surface area contributed by atoms with Crippen LogP contribution in [0.1, 0.15) is 27.4 Å². The van der Waals surface area contributed by atoms with Gasteiger partial charge in [0.2, 0.25) is 0 Å². The van der Waals surface area contributed by atoms with E-state index in [4.69, 9.17) is 4.74 Å². The highest BCUT2D eigenvalue weighted by molar-refractivity contribution is 5.94. The number of carbonyl (C=O) groups is 1. The van der Waals surface area contributed by atoms with Gasteiger partial charge in [-0.3, -0.25) is 4.79 Å². The molecule has 0 radical (unpaired) electrons. The third-order valence-corrected chi connectivity index (χ3v) is 2.98. The third kappa shape index (κ3) is 3.12. The highest BCUT2D eigenvalue weighted by Crippen LogP contribution is 2.17. The van der Waals surface area contributed by atoms with Crippen LogP contribution < -0.4 is 10.1 Å². The van der Waals surface area contributed by atoms with Crippen LogP contribution in [-0.2, 0) is 6.54 Å². The number of hydrogen-bond acceptors (Lipinski definition) is 4. The summed E-state index contributed by atoms with van der Waals surface area (Å²) in [5, 5.41) is 2.85. The Kier molecular flexibility index (Phi) is 4.30. The maximum atomic E-state index is 12.1. The summed E-state index contributed by atoms with van der Waals surface area (Å²) in [5.74, 6) is 1.22. The molecule has 1 N–H and O–H groups in total. The minimum Gasteiger partial charge on any atom is -0.496 e. The van der Waals surface area contributed by atoms with Crippen molar-refractivity contribution in [3.05, 3.63) is 53.1 Å². The smallest absolute Gasteiger partial charge is 0.254 e. The Bertz CT molecular complexity index is 626. The average Bonchev–Trinajstić information content (AvgIpc) is 2.45. The molecule has 20 heavy (non-hydrogen) atoms. The predicted octanol–water partition coefficient (Wildman–Crippen LogP) is 2.03. The van der Waals surface area contributed by atoms with Crippen molar-refractivity contribution in [2.45, 2.75) is 20.4 Å². The lowest BCUT2D eigenvalue weighted by molar-refractivity contribution is 0.0949. The van der Waals surface area contributed by atoms with Gasteiger partial charge in [-0.1, -0.05) is 18.2 Å². The lowest BCUT2D eigenvalue weighted by atomic mass is 10.2. The largest absolute Gasteiger partial charge is 0.496 e. The van der Waals surface area contributed by atoms with Gasteiger partial charge in [-0.05, 0) is 19.9 Å². The van der Waals surface area contributed by atoms with Crippen molar-refractivity contribution >= 4 is 5.91 Å². The molecule has 104 valence electrons. The van der Waals surface area contributed by atoms with E-state index in [1.807, 2.05) is 24.3 Å². The molecule has 0 aliphatic carbocycles. The van der Waals surface area contributed by atoms with Crippen molar-refractivity contribution in [3.63, 3.8) is 0 Å². The molecule has 1 amide bonds. The first-order chi connectivity index (χ1) is 9.61. The van der Waals surface area contributed by atoms with Crippen molar-refractivity contribution in [3.8, 4) is 5.75 Å². The second-order valence-electron chi connectivity index (χ2n) is 4.41. The fraction of sp³-hybridized carbons (Fsp3) is 0.267. The van der Waals surface area contributed by atoms with Crippen LogP contribution in [-0.4, -0.2) is 23.0 Å². The molecule has 0 fully saturated rings. The number of rotatable bonds is 4. The van der Waals surface area contributed by atoms with Crippen LogP contribution >= 0.6 is 0 Å². The minimum atomic E-state index is -0.187. The molecular formula is C15H17N3O2. The summed E-state index contributed by atoms with van der Waals surface area (Å²) in [4.78, 5) is 20.4. The molecule has 1 aromatic heterocycles. The first kappa shape index (κ1) is 14.0. The Morgan fingerprint density at radius 2 is 2.05 bits per heavy atom. The summed E-state index contributed by atoms with van der Waals surface area (Å²) in [5.41, 5.74) is 2.09. The highest BCUT2D eigenvalue weighted by Gasteiger charge is 2.11. The zero-order chi connectivity index (χ0) is 14.5. The van der Waals surface area contributed by atoms with Gasteiger partial charge in [-0.15, -0.1) is 0 Å². The maximum absolute atomic E-state index is 12.1. The maximum Gasteiger partial charge on any atom is 0.254 e. The van der Waals surface area contributed by atoms with Crippen molar-refractivity contribution < 1.29 is 9.53 Å². The van der Waals surface area contributed by atoms with Crippen LogP contribution in [0.4, 0.5) is 0 Å². The Morgan fingerprint density at radius 1 is 1.30 bits per heavy atom. The molecule has 5 nitrogen and oxygen atoms in total. The molecule has 0 bridgehead atoms. The molecule has 0 aliphatic rings. The van der Waals surface area contributed by atoms with Crippen LogP contribution in [0.5, 0.6) is 5.75 Å². The van der Waals surface area contributed by atoms with Crippen molar-refractivity contribution in [2.75, 3.05) is 7.11 Å². The van der Waals surface area contributed by atoms with E-state index in [0.29, 0.717) is 23.6 Å². The Balaban J connectivity index is 2.09. The van der Waals surface area contributed by atoms with Gasteiger partial charge in [0.25, 0.3) is 5.91 Å². The van der Waals surface area contributed by atoms with E-state index in [1.165, 1.54) is 0 Å². The molecule has 1 aromatic carbocycles. The third-order valence-electron chi connectivity index (χ3n) is 2.98. The van der Waals surface area contributed by atoms with Crippen molar-refractivity contribution in [1.82, 2.24) is 15.3 Å². The van der Waals surface area contributed by atoms with Crippen molar-refractivity contribution in [2.24, 2.45) is 0 Å². The van der Waals surface area contributed by atoms with E-state index < -0.39 is 0 Å². The molecule has 0 saturated heterocycles. The molecule has 2 rings (SSSR count). The monoisotopic (exact) mass is 271 g/mol. The minimum absolute atomic E-state index is 0.187. The summed E-state index contributed by atoms with van der Waals surface area (Å²) in [7, 11) is 1.61. The predicted molar refractivity (Wildman–Crippen MR) is 75.7 cm³/mol. The van der Waals surface area contributed by atoms with Gasteiger partial charge < -0.3 is 10.1 Å². The lowest BCUT2D eigenvalue weighted by Crippen LogP contribution is -2.24. The number of methoxy groups -OCH3 is 1. The number of benzene rings is 1. The quantitative estimate of drug-likeness (QED) is 0.924. The molecule has 2 aromatic rings. The number of amides is 1. The lowest BCUT2D eigenvalue weighted by Gasteiger charge is -2.10. The molecule has 0 spiro atoms. The van der Waals surface area contributed by atoms with E-state index in [2.05, 4.69) is 15.3 Å². The molecule has 0 unspecified atom stereocenters. The van der Waals surface area contributed by atoms with Gasteiger partial charge in [0, 0.05) is 18.3 Å². The van der Waals surface area contributed by atoms with Gasteiger partial charge in [-0.25, -0.2) is 9.97 Å². The number of aromatic nitrogens is 2. The summed E-state index contributed by atoms with van der Waals surface area (Å²) in [6.45, 7) is 3.99. The Hall–Kier alpha value is -2.43. The van der Waals surface area contributed by atoms with Crippen LogP contribution in [0.15, 0.2) is 30.5 Å². The Labute approximate surface area is 118 Å². The first-order valence-electron chi connectivity index (χ1n) is 6.32. The van der Waals surface area contributed by atoms with Gasteiger partial charge in [0.15, 0.2) is 0 Å². The summed E-state index contributed by atoms with van der Waals surface area (Å²) >= 11 is 0. The molecular weight excluding hydrogens is 254 g/mol. The number of hydrogen-bond donors (Lipinski definition) is 1. The fourth-order valence-corrected chi connectivity index (χ4v) is 1.93. The fourth-order valence-electron chi connectivity index (χ4n) is 1.93. The molecule has 1 heterocycles. The van der Waals surface area contributed by atoms with E-state index in [0.717, 1.165) is 11.3 Å². The van der Waals surface area contributed by atoms with E-state index in [1.54, 1.807) is 27.2 Å². The molecule has 0 atom stereocenters. The van der Waals surface area contributed by atoms with Crippen LogP contribution in [0, 0.1) is 13.8 Å². The second kappa shape index (κ2) is 6.14. The van der Waals surface area contributed by atoms with Crippen molar-refractivity contribution in [1.29, 1.82) is 0 Å². The van der Waals surface area contributed by atoms with Crippen LogP contribution in [0.3, 0.4) is 0 Å². The van der Waals surface area contributed by atoms with Crippen LogP contribution in [0.2, 0.25) is 0 Å². The molecule has 5 heteroatoms. The van der Waals surface area contributed by atoms with Gasteiger partial charge in [0.05, 0.1) is 18.4 Å². The van der Waals surface area contributed by atoms with Gasteiger partial charge >= 0.3 is 0 Å². The van der Waals surface area contributed by atoms with Crippen LogP contribution in [0.25, 0.3) is 0 Å². The highest BCUT2D eigenvalue weighted by atomic mass is 16.5. The summed E-state index contributed by atoms with van der Waals surface area (Å²) in [6.07, 6.45) is 1.55. The van der Waals surface area contributed by atoms with E-state index >= 15 is 0 Å². The topological polar surface area (TPSA) is 64.1 Å². The van der Waals surface area contributed by atoms with Gasteiger partial charge in [0.1, 0.15) is 11.6 Å². The SMILES string of the molecule is COc1ccccc1CNC(=O)c1cnc(C)nc1C. The second-order valence-corrected chi connectivity index (χ2v) is 4.41. The number of para-hydroxylation sites is 1. The molecule has 0 saturated carbocycles. The Morgan fingerprint density at radius 3 is 2.75 bits per heavy atom. The summed E-state index contributed by atoms with van der Waals surface area (Å²) < 4.78 is 5.25. The van der Waals surface area contributed by atoms with Gasteiger partial charge in [-0.2, -0.15) is 0 Å². The number of carbonyl (C=O) groups excluding carboxylic acids is 1. The number of ether oxygens (including phenoxy) is 1. The number of nitrogens with one attached hydrogen (secondary N) is 1. The number of nitrogens with zero attached hydrogens (tertiary/aromatic N) is 2. The molecule has 0 aliphatic heterocycles. The average molecular weight is 271 g/mol. The number of aryl methyl sites for hydroxylation is 2. The van der Waals surface area contributed by atoms with E-state index in [-0.39, 0.29) is 5.91 Å². The normalized spacial score (nSPS) is 10.2.